The van der Waals surface area contributed by atoms with Crippen molar-refractivity contribution in [2.75, 3.05) is 0 Å². The maximum Gasteiger partial charge on any atom is 0.408 e. The lowest BCUT2D eigenvalue weighted by atomic mass is 10.0. The summed E-state index contributed by atoms with van der Waals surface area (Å²) in [7, 11) is 0. The van der Waals surface area contributed by atoms with E-state index in [0.717, 1.165) is 23.1 Å². The molecule has 7 nitrogen and oxygen atoms in total. The van der Waals surface area contributed by atoms with Crippen LogP contribution in [0.25, 0.3) is 11.0 Å². The van der Waals surface area contributed by atoms with Crippen LogP contribution in [-0.2, 0) is 22.6 Å². The summed E-state index contributed by atoms with van der Waals surface area (Å²) in [6.07, 6.45) is 0.653. The zero-order valence-corrected chi connectivity index (χ0v) is 20.2. The summed E-state index contributed by atoms with van der Waals surface area (Å²) < 4.78 is 16.6. The lowest BCUT2D eigenvalue weighted by Crippen LogP contribution is -2.36. The van der Waals surface area contributed by atoms with Crippen LogP contribution in [0.4, 0.5) is 4.79 Å². The van der Waals surface area contributed by atoms with E-state index in [-0.39, 0.29) is 12.4 Å². The fourth-order valence-corrected chi connectivity index (χ4v) is 3.99. The van der Waals surface area contributed by atoms with Gasteiger partial charge in [-0.15, -0.1) is 0 Å². The van der Waals surface area contributed by atoms with Crippen LogP contribution >= 0.6 is 0 Å². The maximum atomic E-state index is 13.4. The number of rotatable bonds is 8. The average Bonchev–Trinajstić information content (AvgIpc) is 2.86. The average molecular weight is 486 g/mol. The lowest BCUT2D eigenvalue weighted by Gasteiger charge is -2.19. The number of hydrogen-bond donors (Lipinski definition) is 1. The standard InChI is InChI=1S/C29H27NO6/c1-3-10-22-17-25(31)35-23-15-19(2)16-24(26(22)23)36-28(32)27(21-13-8-5-9-14-21)30-29(33)34-18-20-11-6-4-7-12-20/h4-9,11-17,27H,3,10,18H2,1-2H3,(H,30,33)/t27-/m1/s1. The third kappa shape index (κ3) is 5.99. The number of hydrogen-bond acceptors (Lipinski definition) is 6. The van der Waals surface area contributed by atoms with Gasteiger partial charge in [0.1, 0.15) is 17.9 Å². The highest BCUT2D eigenvalue weighted by molar-refractivity contribution is 5.92. The van der Waals surface area contributed by atoms with E-state index in [0.29, 0.717) is 23.0 Å². The van der Waals surface area contributed by atoms with Crippen molar-refractivity contribution in [1.29, 1.82) is 0 Å². The Hall–Kier alpha value is -4.39. The summed E-state index contributed by atoms with van der Waals surface area (Å²) in [5.74, 6) is -0.430. The van der Waals surface area contributed by atoms with Gasteiger partial charge in [-0.25, -0.2) is 14.4 Å². The van der Waals surface area contributed by atoms with Crippen molar-refractivity contribution < 1.29 is 23.5 Å². The molecule has 184 valence electrons. The SMILES string of the molecule is CCCc1cc(=O)oc2cc(C)cc(OC(=O)[C@H](NC(=O)OCc3ccccc3)c3ccccc3)c12. The van der Waals surface area contributed by atoms with Crippen LogP contribution in [0.15, 0.2) is 88.1 Å². The van der Waals surface area contributed by atoms with Crippen molar-refractivity contribution in [3.8, 4) is 5.75 Å². The predicted molar refractivity (Wildman–Crippen MR) is 136 cm³/mol. The Labute approximate surface area is 208 Å². The van der Waals surface area contributed by atoms with E-state index in [1.807, 2.05) is 50.2 Å². The summed E-state index contributed by atoms with van der Waals surface area (Å²) >= 11 is 0. The number of carbonyl (C=O) groups is 2. The maximum absolute atomic E-state index is 13.4. The highest BCUT2D eigenvalue weighted by Crippen LogP contribution is 2.32. The van der Waals surface area contributed by atoms with Crippen LogP contribution in [0.2, 0.25) is 0 Å². The van der Waals surface area contributed by atoms with E-state index in [1.165, 1.54) is 6.07 Å². The van der Waals surface area contributed by atoms with Gasteiger partial charge in [0.25, 0.3) is 0 Å². The van der Waals surface area contributed by atoms with Gasteiger partial charge in [-0.05, 0) is 47.7 Å². The van der Waals surface area contributed by atoms with Gasteiger partial charge in [-0.1, -0.05) is 74.0 Å². The van der Waals surface area contributed by atoms with Gasteiger partial charge in [0.05, 0.1) is 5.39 Å². The molecule has 4 rings (SSSR count). The number of carbonyl (C=O) groups excluding carboxylic acids is 2. The summed E-state index contributed by atoms with van der Waals surface area (Å²) in [6, 6.07) is 21.8. The Bertz CT molecular complexity index is 1410. The first-order valence-electron chi connectivity index (χ1n) is 11.8. The number of aryl methyl sites for hydroxylation is 2. The van der Waals surface area contributed by atoms with Crippen molar-refractivity contribution >= 4 is 23.0 Å². The smallest absolute Gasteiger partial charge is 0.408 e. The van der Waals surface area contributed by atoms with Gasteiger partial charge in [-0.3, -0.25) is 0 Å². The molecule has 0 aliphatic heterocycles. The molecule has 0 aliphatic rings. The lowest BCUT2D eigenvalue weighted by molar-refractivity contribution is -0.136. The number of esters is 1. The van der Waals surface area contributed by atoms with Crippen molar-refractivity contribution in [2.24, 2.45) is 0 Å². The molecule has 0 saturated heterocycles. The van der Waals surface area contributed by atoms with E-state index in [1.54, 1.807) is 36.4 Å². The minimum absolute atomic E-state index is 0.0607. The second-order valence-electron chi connectivity index (χ2n) is 8.45. The number of ether oxygens (including phenoxy) is 2. The van der Waals surface area contributed by atoms with E-state index in [9.17, 15) is 14.4 Å². The largest absolute Gasteiger partial charge is 0.445 e. The normalized spacial score (nSPS) is 11.6. The molecular weight excluding hydrogens is 458 g/mol. The third-order valence-electron chi connectivity index (χ3n) is 5.61. The highest BCUT2D eigenvalue weighted by Gasteiger charge is 2.27. The van der Waals surface area contributed by atoms with Crippen LogP contribution in [0.1, 0.15) is 41.6 Å². The molecule has 1 N–H and O–H groups in total. The first-order chi connectivity index (χ1) is 17.4. The molecule has 0 fully saturated rings. The Balaban J connectivity index is 1.62. The fourth-order valence-electron chi connectivity index (χ4n) is 3.99. The molecule has 0 spiro atoms. The third-order valence-corrected chi connectivity index (χ3v) is 5.61. The summed E-state index contributed by atoms with van der Waals surface area (Å²) in [6.45, 7) is 3.87. The summed E-state index contributed by atoms with van der Waals surface area (Å²) in [5, 5.41) is 3.19. The van der Waals surface area contributed by atoms with E-state index in [4.69, 9.17) is 13.9 Å². The molecule has 0 saturated carbocycles. The van der Waals surface area contributed by atoms with E-state index >= 15 is 0 Å². The molecule has 0 radical (unpaired) electrons. The van der Waals surface area contributed by atoms with Crippen LogP contribution in [-0.4, -0.2) is 12.1 Å². The second-order valence-corrected chi connectivity index (χ2v) is 8.45. The number of amides is 1. The minimum atomic E-state index is -1.12. The Morgan fingerprint density at radius 3 is 2.36 bits per heavy atom. The highest BCUT2D eigenvalue weighted by atomic mass is 16.6. The second kappa shape index (κ2) is 11.4. The molecule has 4 aromatic rings. The van der Waals surface area contributed by atoms with Gasteiger partial charge < -0.3 is 19.2 Å². The number of benzene rings is 3. The number of fused-ring (bicyclic) bond motifs is 1. The predicted octanol–water partition coefficient (Wildman–Crippen LogP) is 5.63. The van der Waals surface area contributed by atoms with Gasteiger partial charge in [0.15, 0.2) is 6.04 Å². The zero-order valence-electron chi connectivity index (χ0n) is 20.2. The quantitative estimate of drug-likeness (QED) is 0.198. The molecule has 1 aromatic heterocycles. The number of nitrogens with one attached hydrogen (secondary N) is 1. The van der Waals surface area contributed by atoms with Gasteiger partial charge in [0.2, 0.25) is 0 Å². The van der Waals surface area contributed by atoms with Crippen molar-refractivity contribution in [1.82, 2.24) is 5.32 Å². The van der Waals surface area contributed by atoms with Crippen molar-refractivity contribution in [2.45, 2.75) is 39.3 Å². The van der Waals surface area contributed by atoms with Crippen LogP contribution in [0.5, 0.6) is 5.75 Å². The molecule has 7 heteroatoms. The molecule has 0 bridgehead atoms. The van der Waals surface area contributed by atoms with Gasteiger partial charge in [-0.2, -0.15) is 0 Å². The molecule has 3 aromatic carbocycles. The Morgan fingerprint density at radius 2 is 1.67 bits per heavy atom. The first kappa shape index (κ1) is 24.7. The molecule has 36 heavy (non-hydrogen) atoms. The fraction of sp³-hybridized carbons (Fsp3) is 0.207. The molecule has 1 heterocycles. The summed E-state index contributed by atoms with van der Waals surface area (Å²) in [4.78, 5) is 38.1. The van der Waals surface area contributed by atoms with Crippen LogP contribution in [0.3, 0.4) is 0 Å². The number of alkyl carbamates (subject to hydrolysis) is 1. The molecule has 0 unspecified atom stereocenters. The summed E-state index contributed by atoms with van der Waals surface area (Å²) in [5.41, 5.74) is 2.74. The van der Waals surface area contributed by atoms with Crippen LogP contribution < -0.4 is 15.7 Å². The molecular formula is C29H27NO6. The molecule has 1 atom stereocenters. The molecule has 1 amide bonds. The van der Waals surface area contributed by atoms with Crippen LogP contribution in [0, 0.1) is 6.92 Å². The van der Waals surface area contributed by atoms with Crippen molar-refractivity contribution in [3.63, 3.8) is 0 Å². The van der Waals surface area contributed by atoms with Gasteiger partial charge >= 0.3 is 17.7 Å². The Morgan fingerprint density at radius 1 is 0.972 bits per heavy atom. The Kier molecular flexibility index (Phi) is 7.80. The minimum Gasteiger partial charge on any atom is -0.445 e. The monoisotopic (exact) mass is 485 g/mol. The zero-order chi connectivity index (χ0) is 25.5. The van der Waals surface area contributed by atoms with E-state index in [2.05, 4.69) is 5.32 Å². The van der Waals surface area contributed by atoms with Crippen molar-refractivity contribution in [3.05, 3.63) is 112 Å². The van der Waals surface area contributed by atoms with E-state index < -0.39 is 23.7 Å². The van der Waals surface area contributed by atoms with Gasteiger partial charge in [0, 0.05) is 6.07 Å². The molecule has 0 aliphatic carbocycles. The first-order valence-corrected chi connectivity index (χ1v) is 11.8. The topological polar surface area (TPSA) is 94.8 Å².